The number of likely N-dealkylation sites (tertiary alicyclic amines) is 1. The molecular formula is C17H23FN2O2S. The first-order chi connectivity index (χ1) is 11.0. The number of thioether (sulfide) groups is 1. The van der Waals surface area contributed by atoms with E-state index in [-0.39, 0.29) is 23.5 Å². The molecule has 6 heteroatoms. The van der Waals surface area contributed by atoms with Gasteiger partial charge in [0.25, 0.3) is 0 Å². The van der Waals surface area contributed by atoms with E-state index in [1.807, 2.05) is 6.26 Å². The van der Waals surface area contributed by atoms with Crippen molar-refractivity contribution in [2.45, 2.75) is 25.0 Å². The Bertz CT molecular complexity index is 542. The summed E-state index contributed by atoms with van der Waals surface area (Å²) in [6.45, 7) is 3.88. The van der Waals surface area contributed by atoms with Crippen LogP contribution in [0.2, 0.25) is 0 Å². The van der Waals surface area contributed by atoms with Crippen LogP contribution in [0.1, 0.15) is 30.1 Å². The summed E-state index contributed by atoms with van der Waals surface area (Å²) < 4.78 is 12.9. The number of nitrogens with zero attached hydrogens (tertiary/aromatic N) is 1. The van der Waals surface area contributed by atoms with Crippen molar-refractivity contribution < 1.29 is 14.0 Å². The summed E-state index contributed by atoms with van der Waals surface area (Å²) in [5.41, 5.74) is 0.545. The number of ketones is 1. The van der Waals surface area contributed by atoms with E-state index in [4.69, 9.17) is 0 Å². The lowest BCUT2D eigenvalue weighted by atomic mass is 9.89. The molecule has 126 valence electrons. The van der Waals surface area contributed by atoms with Crippen LogP contribution in [0.3, 0.4) is 0 Å². The maximum Gasteiger partial charge on any atom is 0.317 e. The zero-order valence-electron chi connectivity index (χ0n) is 13.5. The summed E-state index contributed by atoms with van der Waals surface area (Å²) in [5.74, 6) is -0.386. The highest BCUT2D eigenvalue weighted by Gasteiger charge is 2.27. The largest absolute Gasteiger partial charge is 0.337 e. The molecule has 2 rings (SSSR count). The molecule has 1 saturated heterocycles. The van der Waals surface area contributed by atoms with Crippen LogP contribution in [0.25, 0.3) is 0 Å². The Balaban J connectivity index is 1.82. The summed E-state index contributed by atoms with van der Waals surface area (Å²) in [6.07, 6.45) is 3.33. The van der Waals surface area contributed by atoms with Crippen LogP contribution in [-0.4, -0.2) is 47.9 Å². The smallest absolute Gasteiger partial charge is 0.317 e. The molecule has 1 N–H and O–H groups in total. The highest BCUT2D eigenvalue weighted by molar-refractivity contribution is 7.99. The number of nitrogens with one attached hydrogen (secondary N) is 1. The van der Waals surface area contributed by atoms with Crippen molar-refractivity contribution in [1.82, 2.24) is 10.2 Å². The third kappa shape index (κ3) is 4.96. The molecule has 0 bridgehead atoms. The SMILES string of the molecule is CSC(C)CNC(=O)N1CCC(C(=O)c2ccc(F)cc2)CC1. The fourth-order valence-electron chi connectivity index (χ4n) is 2.62. The molecule has 1 aliphatic rings. The van der Waals surface area contributed by atoms with Crippen LogP contribution < -0.4 is 5.32 Å². The molecule has 0 saturated carbocycles. The van der Waals surface area contributed by atoms with E-state index in [9.17, 15) is 14.0 Å². The third-order valence-corrected chi connectivity index (χ3v) is 5.20. The number of Topliss-reactive ketones (excluding diaryl/α,β-unsaturated/α-hetero) is 1. The number of piperidine rings is 1. The molecule has 0 aliphatic carbocycles. The van der Waals surface area contributed by atoms with E-state index >= 15 is 0 Å². The molecule has 1 aromatic rings. The van der Waals surface area contributed by atoms with Gasteiger partial charge in [-0.3, -0.25) is 4.79 Å². The van der Waals surface area contributed by atoms with Crippen molar-refractivity contribution in [3.8, 4) is 0 Å². The van der Waals surface area contributed by atoms with Gasteiger partial charge >= 0.3 is 6.03 Å². The van der Waals surface area contributed by atoms with Crippen LogP contribution in [-0.2, 0) is 0 Å². The number of benzene rings is 1. The van der Waals surface area contributed by atoms with Crippen LogP contribution in [0, 0.1) is 11.7 Å². The van der Waals surface area contributed by atoms with Crippen molar-refractivity contribution in [1.29, 1.82) is 0 Å². The fraction of sp³-hybridized carbons (Fsp3) is 0.529. The van der Waals surface area contributed by atoms with E-state index < -0.39 is 0 Å². The first kappa shape index (κ1) is 17.8. The normalized spacial score (nSPS) is 16.9. The molecule has 1 atom stereocenters. The molecule has 1 aliphatic heterocycles. The van der Waals surface area contributed by atoms with E-state index in [0.717, 1.165) is 0 Å². The topological polar surface area (TPSA) is 49.4 Å². The lowest BCUT2D eigenvalue weighted by Gasteiger charge is -2.31. The Morgan fingerprint density at radius 1 is 1.30 bits per heavy atom. The molecule has 0 radical (unpaired) electrons. The summed E-state index contributed by atoms with van der Waals surface area (Å²) in [5, 5.41) is 3.31. The van der Waals surface area contributed by atoms with Crippen LogP contribution in [0.4, 0.5) is 9.18 Å². The van der Waals surface area contributed by atoms with Crippen LogP contribution in [0.5, 0.6) is 0 Å². The molecule has 1 heterocycles. The van der Waals surface area contributed by atoms with Gasteiger partial charge in [-0.2, -0.15) is 11.8 Å². The number of hydrogen-bond donors (Lipinski definition) is 1. The van der Waals surface area contributed by atoms with Crippen molar-refractivity contribution in [2.24, 2.45) is 5.92 Å². The van der Waals surface area contributed by atoms with Crippen molar-refractivity contribution in [2.75, 3.05) is 25.9 Å². The van der Waals surface area contributed by atoms with Crippen LogP contribution in [0.15, 0.2) is 24.3 Å². The monoisotopic (exact) mass is 338 g/mol. The van der Waals surface area contributed by atoms with Gasteiger partial charge in [0.15, 0.2) is 5.78 Å². The van der Waals surface area contributed by atoms with Crippen molar-refractivity contribution >= 4 is 23.6 Å². The second-order valence-electron chi connectivity index (χ2n) is 5.86. The Hall–Kier alpha value is -1.56. The van der Waals surface area contributed by atoms with Gasteiger partial charge in [0, 0.05) is 36.4 Å². The summed E-state index contributed by atoms with van der Waals surface area (Å²) in [4.78, 5) is 26.2. The Morgan fingerprint density at radius 2 is 1.91 bits per heavy atom. The number of halogens is 1. The van der Waals surface area contributed by atoms with Gasteiger partial charge in [0.05, 0.1) is 0 Å². The zero-order chi connectivity index (χ0) is 16.8. The number of amides is 2. The van der Waals surface area contributed by atoms with Gasteiger partial charge < -0.3 is 10.2 Å². The van der Waals surface area contributed by atoms with Gasteiger partial charge in [-0.15, -0.1) is 0 Å². The molecular weight excluding hydrogens is 315 g/mol. The van der Waals surface area contributed by atoms with Gasteiger partial charge in [0.2, 0.25) is 0 Å². The van der Waals surface area contributed by atoms with E-state index in [1.165, 1.54) is 24.3 Å². The fourth-order valence-corrected chi connectivity index (χ4v) is 2.87. The van der Waals surface area contributed by atoms with Gasteiger partial charge in [-0.1, -0.05) is 6.92 Å². The predicted octanol–water partition coefficient (Wildman–Crippen LogP) is 3.18. The highest BCUT2D eigenvalue weighted by Crippen LogP contribution is 2.22. The molecule has 4 nitrogen and oxygen atoms in total. The number of rotatable bonds is 5. The summed E-state index contributed by atoms with van der Waals surface area (Å²) in [6, 6.07) is 5.62. The van der Waals surface area contributed by atoms with E-state index in [0.29, 0.717) is 43.3 Å². The molecule has 0 spiro atoms. The number of hydrogen-bond acceptors (Lipinski definition) is 3. The molecule has 1 unspecified atom stereocenters. The second kappa shape index (κ2) is 8.34. The van der Waals surface area contributed by atoms with Gasteiger partial charge in [-0.25, -0.2) is 9.18 Å². The molecule has 1 aromatic carbocycles. The summed E-state index contributed by atoms with van der Waals surface area (Å²) >= 11 is 1.71. The van der Waals surface area contributed by atoms with Gasteiger partial charge in [-0.05, 0) is 43.4 Å². The lowest BCUT2D eigenvalue weighted by Crippen LogP contribution is -2.46. The standard InChI is InChI=1S/C17H23FN2O2S/c1-12(23-2)11-19-17(22)20-9-7-14(8-10-20)16(21)13-3-5-15(18)6-4-13/h3-6,12,14H,7-11H2,1-2H3,(H,19,22). The maximum atomic E-state index is 12.9. The average molecular weight is 338 g/mol. The quantitative estimate of drug-likeness (QED) is 0.839. The first-order valence-corrected chi connectivity index (χ1v) is 9.15. The minimum absolute atomic E-state index is 0.0427. The van der Waals surface area contributed by atoms with Crippen LogP contribution >= 0.6 is 11.8 Å². The lowest BCUT2D eigenvalue weighted by molar-refractivity contribution is 0.0854. The van der Waals surface area contributed by atoms with E-state index in [1.54, 1.807) is 16.7 Å². The molecule has 0 aromatic heterocycles. The summed E-state index contributed by atoms with van der Waals surface area (Å²) in [7, 11) is 0. The predicted molar refractivity (Wildman–Crippen MR) is 91.4 cm³/mol. The highest BCUT2D eigenvalue weighted by atomic mass is 32.2. The maximum absolute atomic E-state index is 12.9. The van der Waals surface area contributed by atoms with Crippen molar-refractivity contribution in [3.63, 3.8) is 0 Å². The third-order valence-electron chi connectivity index (χ3n) is 4.22. The minimum Gasteiger partial charge on any atom is -0.337 e. The minimum atomic E-state index is -0.340. The van der Waals surface area contributed by atoms with Crippen molar-refractivity contribution in [3.05, 3.63) is 35.6 Å². The Labute approximate surface area is 140 Å². The van der Waals surface area contributed by atoms with Gasteiger partial charge in [0.1, 0.15) is 5.82 Å². The average Bonchev–Trinajstić information content (AvgIpc) is 2.59. The molecule has 2 amide bonds. The Kier molecular flexibility index (Phi) is 6.45. The Morgan fingerprint density at radius 3 is 2.48 bits per heavy atom. The van der Waals surface area contributed by atoms with E-state index in [2.05, 4.69) is 12.2 Å². The zero-order valence-corrected chi connectivity index (χ0v) is 14.4. The molecule has 1 fully saturated rings. The first-order valence-electron chi connectivity index (χ1n) is 7.86. The molecule has 23 heavy (non-hydrogen) atoms. The number of urea groups is 1. The number of carbonyl (C=O) groups excluding carboxylic acids is 2. The second-order valence-corrected chi connectivity index (χ2v) is 7.14. The number of carbonyl (C=O) groups is 2.